The fraction of sp³-hybridized carbons (Fsp3) is 0.357. The number of carbonyl (C=O) groups is 1. The third kappa shape index (κ3) is 4.92. The van der Waals surface area contributed by atoms with Crippen LogP contribution in [-0.2, 0) is 11.2 Å². The van der Waals surface area contributed by atoms with E-state index < -0.39 is 0 Å². The molecule has 2 aliphatic carbocycles. The normalized spacial score (nSPS) is 23.8. The van der Waals surface area contributed by atoms with Crippen molar-refractivity contribution in [2.45, 2.75) is 44.6 Å². The fourth-order valence-corrected chi connectivity index (χ4v) is 6.48. The lowest BCUT2D eigenvalue weighted by Crippen LogP contribution is -2.43. The average molecular weight is 477 g/mol. The number of allylic oxidation sites excluding steroid dienone is 1. The van der Waals surface area contributed by atoms with E-state index in [1.54, 1.807) is 23.6 Å². The van der Waals surface area contributed by atoms with Crippen LogP contribution in [0.25, 0.3) is 17.2 Å². The Hall–Kier alpha value is -2.99. The molecule has 2 aliphatic rings. The van der Waals surface area contributed by atoms with E-state index in [1.807, 2.05) is 25.1 Å². The number of hydrogen-bond donors (Lipinski definition) is 1. The molecular weight excluding hydrogens is 447 g/mol. The van der Waals surface area contributed by atoms with Crippen molar-refractivity contribution in [1.29, 1.82) is 0 Å². The molecule has 1 amide bonds. The van der Waals surface area contributed by atoms with Gasteiger partial charge < -0.3 is 10.1 Å². The maximum atomic E-state index is 13.6. The number of nitrogens with zero attached hydrogens (tertiary/aromatic N) is 1. The van der Waals surface area contributed by atoms with Crippen molar-refractivity contribution in [1.82, 2.24) is 10.3 Å². The van der Waals surface area contributed by atoms with Crippen LogP contribution < -0.4 is 5.32 Å². The molecule has 3 aromatic rings. The van der Waals surface area contributed by atoms with Gasteiger partial charge in [0.15, 0.2) is 0 Å². The molecular formula is C28H29FN2O2S. The summed E-state index contributed by atoms with van der Waals surface area (Å²) in [6.07, 6.45) is 10.1. The molecule has 1 N–H and O–H groups in total. The molecule has 2 aromatic heterocycles. The Kier molecular flexibility index (Phi) is 6.77. The number of carbonyl (C=O) groups excluding carboxylic acids is 1. The van der Waals surface area contributed by atoms with E-state index in [-0.39, 0.29) is 18.0 Å². The van der Waals surface area contributed by atoms with Crippen molar-refractivity contribution >= 4 is 23.5 Å². The van der Waals surface area contributed by atoms with Crippen molar-refractivity contribution in [3.63, 3.8) is 0 Å². The zero-order chi connectivity index (χ0) is 23.5. The van der Waals surface area contributed by atoms with Gasteiger partial charge in [-0.05, 0) is 96.2 Å². The summed E-state index contributed by atoms with van der Waals surface area (Å²) in [4.78, 5) is 16.5. The topological polar surface area (TPSA) is 51.2 Å². The second-order valence-electron chi connectivity index (χ2n) is 9.22. The number of nitrogens with one attached hydrogen (secondary N) is 1. The standard InChI is InChI=1S/C28H29FN2O2S/c1-2-33-28(32)31-24-9-10-25-20(14-24)12-21-16-34-17-27(21)26(25)11-8-23-7-6-19(15-30-23)18-4-3-5-22(29)13-18/h3-8,11,13,15-17,20,24-26H,2,9-10,12,14H2,1H3,(H,31,32)/b11-8+/t20-,24-,25-,26+/m1/s1. The van der Waals surface area contributed by atoms with E-state index in [1.165, 1.54) is 23.3 Å². The Bertz CT molecular complexity index is 1170. The summed E-state index contributed by atoms with van der Waals surface area (Å²) >= 11 is 1.78. The van der Waals surface area contributed by atoms with E-state index >= 15 is 0 Å². The first kappa shape index (κ1) is 22.8. The molecule has 0 saturated heterocycles. The van der Waals surface area contributed by atoms with E-state index in [4.69, 9.17) is 4.74 Å². The molecule has 0 aliphatic heterocycles. The fourth-order valence-electron chi connectivity index (χ4n) is 5.56. The first-order chi connectivity index (χ1) is 16.6. The number of fused-ring (bicyclic) bond motifs is 2. The van der Waals surface area contributed by atoms with Crippen molar-refractivity contribution in [3.8, 4) is 11.1 Å². The van der Waals surface area contributed by atoms with Crippen molar-refractivity contribution < 1.29 is 13.9 Å². The minimum absolute atomic E-state index is 0.183. The van der Waals surface area contributed by atoms with Crippen LogP contribution in [0.5, 0.6) is 0 Å². The highest BCUT2D eigenvalue weighted by Crippen LogP contribution is 2.48. The quantitative estimate of drug-likeness (QED) is 0.439. The molecule has 2 heterocycles. The van der Waals surface area contributed by atoms with Gasteiger partial charge in [0.1, 0.15) is 5.82 Å². The predicted octanol–water partition coefficient (Wildman–Crippen LogP) is 6.83. The number of benzene rings is 1. The molecule has 0 bridgehead atoms. The van der Waals surface area contributed by atoms with Crippen molar-refractivity contribution in [2.24, 2.45) is 11.8 Å². The summed E-state index contributed by atoms with van der Waals surface area (Å²) in [5, 5.41) is 7.63. The zero-order valence-corrected chi connectivity index (χ0v) is 20.1. The number of aromatic nitrogens is 1. The molecule has 0 unspecified atom stereocenters. The van der Waals surface area contributed by atoms with Gasteiger partial charge in [-0.15, -0.1) is 0 Å². The van der Waals surface area contributed by atoms with E-state index in [9.17, 15) is 9.18 Å². The molecule has 0 spiro atoms. The zero-order valence-electron chi connectivity index (χ0n) is 19.2. The predicted molar refractivity (Wildman–Crippen MR) is 134 cm³/mol. The highest BCUT2D eigenvalue weighted by molar-refractivity contribution is 7.08. The third-order valence-corrected chi connectivity index (χ3v) is 7.95. The molecule has 0 radical (unpaired) electrons. The Morgan fingerprint density at radius 3 is 2.94 bits per heavy atom. The van der Waals surface area contributed by atoms with Crippen LogP contribution in [0.1, 0.15) is 48.9 Å². The number of pyridine rings is 1. The molecule has 1 aromatic carbocycles. The van der Waals surface area contributed by atoms with Gasteiger partial charge in [0.2, 0.25) is 0 Å². The van der Waals surface area contributed by atoms with Crippen LogP contribution in [-0.4, -0.2) is 23.7 Å². The van der Waals surface area contributed by atoms with Crippen LogP contribution in [0, 0.1) is 17.7 Å². The number of rotatable bonds is 5. The lowest BCUT2D eigenvalue weighted by molar-refractivity contribution is 0.129. The first-order valence-corrected chi connectivity index (χ1v) is 12.9. The maximum Gasteiger partial charge on any atom is 0.407 e. The van der Waals surface area contributed by atoms with Crippen LogP contribution in [0.15, 0.2) is 59.4 Å². The van der Waals surface area contributed by atoms with Gasteiger partial charge in [-0.1, -0.05) is 24.3 Å². The molecule has 1 saturated carbocycles. The number of ether oxygens (including phenoxy) is 1. The molecule has 6 heteroatoms. The average Bonchev–Trinajstić information content (AvgIpc) is 3.30. The van der Waals surface area contributed by atoms with E-state index in [0.29, 0.717) is 24.4 Å². The minimum atomic E-state index is -0.304. The summed E-state index contributed by atoms with van der Waals surface area (Å²) in [5.41, 5.74) is 5.51. The molecule has 5 rings (SSSR count). The van der Waals surface area contributed by atoms with Crippen molar-refractivity contribution in [3.05, 3.63) is 82.1 Å². The Morgan fingerprint density at radius 1 is 1.24 bits per heavy atom. The number of alkyl carbamates (subject to hydrolysis) is 1. The molecule has 176 valence electrons. The SMILES string of the molecule is CCOC(=O)N[C@@H]1CC[C@@H]2[C@H](Cc3cscc3[C@H]2/C=C/c2ccc(-c3cccc(F)c3)cn2)C1. The number of hydrogen-bond acceptors (Lipinski definition) is 4. The van der Waals surface area contributed by atoms with Crippen LogP contribution in [0.4, 0.5) is 9.18 Å². The van der Waals surface area contributed by atoms with Gasteiger partial charge in [0.05, 0.1) is 12.3 Å². The summed E-state index contributed by atoms with van der Waals surface area (Å²) in [5.74, 6) is 1.21. The first-order valence-electron chi connectivity index (χ1n) is 12.0. The Morgan fingerprint density at radius 2 is 2.15 bits per heavy atom. The minimum Gasteiger partial charge on any atom is -0.450 e. The second-order valence-corrected chi connectivity index (χ2v) is 9.97. The summed E-state index contributed by atoms with van der Waals surface area (Å²) in [6.45, 7) is 2.23. The Balaban J connectivity index is 1.32. The largest absolute Gasteiger partial charge is 0.450 e. The van der Waals surface area contributed by atoms with Crippen LogP contribution in [0.2, 0.25) is 0 Å². The highest BCUT2D eigenvalue weighted by Gasteiger charge is 2.40. The number of thiophene rings is 1. The summed E-state index contributed by atoms with van der Waals surface area (Å²) in [6, 6.07) is 10.8. The third-order valence-electron chi connectivity index (χ3n) is 7.14. The monoisotopic (exact) mass is 476 g/mol. The smallest absolute Gasteiger partial charge is 0.407 e. The van der Waals surface area contributed by atoms with Gasteiger partial charge in [-0.2, -0.15) is 11.3 Å². The summed E-state index contributed by atoms with van der Waals surface area (Å²) < 4.78 is 18.6. The second kappa shape index (κ2) is 10.1. The van der Waals surface area contributed by atoms with Gasteiger partial charge in [-0.25, -0.2) is 9.18 Å². The molecule has 4 atom stereocenters. The van der Waals surface area contributed by atoms with Gasteiger partial charge in [0.25, 0.3) is 0 Å². The van der Waals surface area contributed by atoms with E-state index in [0.717, 1.165) is 42.5 Å². The van der Waals surface area contributed by atoms with Gasteiger partial charge in [0, 0.05) is 23.7 Å². The summed E-state index contributed by atoms with van der Waals surface area (Å²) in [7, 11) is 0. The van der Waals surface area contributed by atoms with Crippen LogP contribution >= 0.6 is 11.3 Å². The highest BCUT2D eigenvalue weighted by atomic mass is 32.1. The van der Waals surface area contributed by atoms with Gasteiger partial charge >= 0.3 is 6.09 Å². The van der Waals surface area contributed by atoms with Crippen molar-refractivity contribution in [2.75, 3.05) is 6.61 Å². The number of halogens is 1. The lowest BCUT2D eigenvalue weighted by atomic mass is 9.63. The lowest BCUT2D eigenvalue weighted by Gasteiger charge is -2.43. The maximum absolute atomic E-state index is 13.6. The van der Waals surface area contributed by atoms with E-state index in [2.05, 4.69) is 33.2 Å². The molecule has 4 nitrogen and oxygen atoms in total. The molecule has 34 heavy (non-hydrogen) atoms. The Labute approximate surface area is 203 Å². The van der Waals surface area contributed by atoms with Gasteiger partial charge in [-0.3, -0.25) is 4.98 Å². The molecule has 1 fully saturated rings. The number of amides is 1. The van der Waals surface area contributed by atoms with Crippen LogP contribution in [0.3, 0.4) is 0 Å².